The van der Waals surface area contributed by atoms with Crippen LogP contribution in [0.5, 0.6) is 0 Å². The maximum atomic E-state index is 13.5. The SMILES string of the molecule is Cc1cnc(Nc2ccc(CN3CCN(C)CC3)cc2)nc1-c1ccc(F)c(Cl)c1. The molecule has 0 amide bonds. The van der Waals surface area contributed by atoms with Crippen molar-refractivity contribution >= 4 is 23.2 Å². The molecule has 1 N–H and O–H groups in total. The van der Waals surface area contributed by atoms with Gasteiger partial charge < -0.3 is 10.2 Å². The predicted molar refractivity (Wildman–Crippen MR) is 120 cm³/mol. The Balaban J connectivity index is 1.46. The van der Waals surface area contributed by atoms with E-state index in [-0.39, 0.29) is 5.02 Å². The van der Waals surface area contributed by atoms with Crippen LogP contribution in [0.15, 0.2) is 48.7 Å². The summed E-state index contributed by atoms with van der Waals surface area (Å²) >= 11 is 5.94. The van der Waals surface area contributed by atoms with Crippen LogP contribution in [-0.2, 0) is 6.54 Å². The number of aryl methyl sites for hydroxylation is 1. The first-order valence-electron chi connectivity index (χ1n) is 10.0. The third-order valence-corrected chi connectivity index (χ3v) is 5.67. The second kappa shape index (κ2) is 9.08. The molecule has 0 bridgehead atoms. The normalized spacial score (nSPS) is 15.3. The van der Waals surface area contributed by atoms with Gasteiger partial charge in [-0.15, -0.1) is 0 Å². The van der Waals surface area contributed by atoms with Gasteiger partial charge >= 0.3 is 0 Å². The number of likely N-dealkylation sites (N-methyl/N-ethyl adjacent to an activating group) is 1. The van der Waals surface area contributed by atoms with Crippen LogP contribution in [0.3, 0.4) is 0 Å². The molecule has 4 rings (SSSR count). The van der Waals surface area contributed by atoms with E-state index in [0.29, 0.717) is 5.95 Å². The van der Waals surface area contributed by atoms with Crippen molar-refractivity contribution in [2.75, 3.05) is 38.5 Å². The second-order valence-electron chi connectivity index (χ2n) is 7.76. The summed E-state index contributed by atoms with van der Waals surface area (Å²) in [5.41, 5.74) is 4.58. The Morgan fingerprint density at radius 1 is 1.07 bits per heavy atom. The summed E-state index contributed by atoms with van der Waals surface area (Å²) in [7, 11) is 2.17. The van der Waals surface area contributed by atoms with E-state index in [0.717, 1.165) is 55.2 Å². The molecule has 0 spiro atoms. The minimum absolute atomic E-state index is 0.0796. The Labute approximate surface area is 181 Å². The minimum Gasteiger partial charge on any atom is -0.324 e. The third kappa shape index (κ3) is 4.95. The van der Waals surface area contributed by atoms with E-state index in [9.17, 15) is 4.39 Å². The molecule has 0 atom stereocenters. The van der Waals surface area contributed by atoms with Gasteiger partial charge in [-0.2, -0.15) is 0 Å². The highest BCUT2D eigenvalue weighted by Crippen LogP contribution is 2.27. The highest BCUT2D eigenvalue weighted by atomic mass is 35.5. The first kappa shape index (κ1) is 20.7. The zero-order valence-corrected chi connectivity index (χ0v) is 18.0. The van der Waals surface area contributed by atoms with Crippen LogP contribution in [0.1, 0.15) is 11.1 Å². The van der Waals surface area contributed by atoms with Crippen LogP contribution in [-0.4, -0.2) is 53.0 Å². The molecule has 1 saturated heterocycles. The van der Waals surface area contributed by atoms with Gasteiger partial charge in [-0.05, 0) is 55.4 Å². The van der Waals surface area contributed by atoms with Crippen molar-refractivity contribution in [1.82, 2.24) is 19.8 Å². The molecule has 7 heteroatoms. The number of rotatable bonds is 5. The van der Waals surface area contributed by atoms with Crippen molar-refractivity contribution in [3.05, 3.63) is 70.6 Å². The van der Waals surface area contributed by atoms with E-state index >= 15 is 0 Å². The van der Waals surface area contributed by atoms with Gasteiger partial charge in [0.1, 0.15) is 5.82 Å². The molecule has 1 aliphatic rings. The van der Waals surface area contributed by atoms with Crippen molar-refractivity contribution in [2.45, 2.75) is 13.5 Å². The summed E-state index contributed by atoms with van der Waals surface area (Å²) in [4.78, 5) is 13.8. The third-order valence-electron chi connectivity index (χ3n) is 5.38. The molecule has 0 unspecified atom stereocenters. The number of nitrogens with one attached hydrogen (secondary N) is 1. The number of piperazine rings is 1. The number of hydrogen-bond acceptors (Lipinski definition) is 5. The Kier molecular flexibility index (Phi) is 6.27. The zero-order chi connectivity index (χ0) is 21.1. The van der Waals surface area contributed by atoms with E-state index < -0.39 is 5.82 Å². The summed E-state index contributed by atoms with van der Waals surface area (Å²) in [5.74, 6) is 0.0463. The first-order valence-corrected chi connectivity index (χ1v) is 10.4. The van der Waals surface area contributed by atoms with E-state index in [1.807, 2.05) is 19.1 Å². The fraction of sp³-hybridized carbons (Fsp3) is 0.304. The largest absolute Gasteiger partial charge is 0.324 e. The summed E-state index contributed by atoms with van der Waals surface area (Å²) in [6.45, 7) is 7.32. The van der Waals surface area contributed by atoms with Gasteiger partial charge in [-0.25, -0.2) is 14.4 Å². The topological polar surface area (TPSA) is 44.3 Å². The molecule has 156 valence electrons. The van der Waals surface area contributed by atoms with Gasteiger partial charge in [0.15, 0.2) is 0 Å². The van der Waals surface area contributed by atoms with Crippen LogP contribution in [0, 0.1) is 12.7 Å². The molecule has 0 radical (unpaired) electrons. The van der Waals surface area contributed by atoms with Crippen molar-refractivity contribution in [3.8, 4) is 11.3 Å². The molecule has 30 heavy (non-hydrogen) atoms. The lowest BCUT2D eigenvalue weighted by Gasteiger charge is -2.32. The Hall–Kier alpha value is -2.54. The summed E-state index contributed by atoms with van der Waals surface area (Å²) in [6, 6.07) is 13.0. The Bertz CT molecular complexity index is 1020. The number of benzene rings is 2. The maximum Gasteiger partial charge on any atom is 0.227 e. The van der Waals surface area contributed by atoms with Crippen molar-refractivity contribution in [2.24, 2.45) is 0 Å². The predicted octanol–water partition coefficient (Wildman–Crippen LogP) is 4.74. The van der Waals surface area contributed by atoms with E-state index in [2.05, 4.69) is 44.3 Å². The summed E-state index contributed by atoms with van der Waals surface area (Å²) < 4.78 is 13.5. The molecule has 1 fully saturated rings. The number of anilines is 2. The van der Waals surface area contributed by atoms with Crippen LogP contribution >= 0.6 is 11.6 Å². The molecule has 0 aliphatic carbocycles. The van der Waals surface area contributed by atoms with Gasteiger partial charge in [-0.1, -0.05) is 23.7 Å². The molecule has 3 aromatic rings. The fourth-order valence-electron chi connectivity index (χ4n) is 3.52. The number of aromatic nitrogens is 2. The number of halogens is 2. The van der Waals surface area contributed by atoms with Crippen molar-refractivity contribution in [3.63, 3.8) is 0 Å². The van der Waals surface area contributed by atoms with E-state index in [4.69, 9.17) is 11.6 Å². The lowest BCUT2D eigenvalue weighted by atomic mass is 10.1. The highest BCUT2D eigenvalue weighted by molar-refractivity contribution is 6.31. The van der Waals surface area contributed by atoms with Crippen molar-refractivity contribution < 1.29 is 4.39 Å². The highest BCUT2D eigenvalue weighted by Gasteiger charge is 2.14. The molecule has 1 aromatic heterocycles. The van der Waals surface area contributed by atoms with Crippen LogP contribution < -0.4 is 5.32 Å². The zero-order valence-electron chi connectivity index (χ0n) is 17.2. The van der Waals surface area contributed by atoms with Crippen molar-refractivity contribution in [1.29, 1.82) is 0 Å². The average Bonchev–Trinajstić information content (AvgIpc) is 2.74. The molecule has 2 aromatic carbocycles. The maximum absolute atomic E-state index is 13.5. The standard InChI is InChI=1S/C23H25ClFN5/c1-16-14-26-23(28-22(16)18-5-8-21(25)20(24)13-18)27-19-6-3-17(4-7-19)15-30-11-9-29(2)10-12-30/h3-8,13-14H,9-12,15H2,1-2H3,(H,26,27,28). The van der Waals surface area contributed by atoms with Gasteiger partial charge in [0, 0.05) is 50.2 Å². The molecule has 5 nitrogen and oxygen atoms in total. The van der Waals surface area contributed by atoms with Crippen LogP contribution in [0.25, 0.3) is 11.3 Å². The molecule has 2 heterocycles. The second-order valence-corrected chi connectivity index (χ2v) is 8.16. The van der Waals surface area contributed by atoms with Gasteiger partial charge in [-0.3, -0.25) is 4.90 Å². The quantitative estimate of drug-likeness (QED) is 0.639. The average molecular weight is 426 g/mol. The lowest BCUT2D eigenvalue weighted by Crippen LogP contribution is -2.43. The summed E-state index contributed by atoms with van der Waals surface area (Å²) in [6.07, 6.45) is 1.75. The number of nitrogens with zero attached hydrogens (tertiary/aromatic N) is 4. The Morgan fingerprint density at radius 3 is 2.50 bits per heavy atom. The van der Waals surface area contributed by atoms with E-state index in [1.54, 1.807) is 18.3 Å². The van der Waals surface area contributed by atoms with Crippen LogP contribution in [0.2, 0.25) is 5.02 Å². The number of hydrogen-bond donors (Lipinski definition) is 1. The smallest absolute Gasteiger partial charge is 0.227 e. The minimum atomic E-state index is -0.442. The molecular weight excluding hydrogens is 401 g/mol. The fourth-order valence-corrected chi connectivity index (χ4v) is 3.71. The molecular formula is C23H25ClFN5. The first-order chi connectivity index (χ1) is 14.5. The van der Waals surface area contributed by atoms with Gasteiger partial charge in [0.2, 0.25) is 5.95 Å². The molecule has 0 saturated carbocycles. The van der Waals surface area contributed by atoms with Gasteiger partial charge in [0.05, 0.1) is 10.7 Å². The Morgan fingerprint density at radius 2 is 1.80 bits per heavy atom. The lowest BCUT2D eigenvalue weighted by molar-refractivity contribution is 0.148. The molecule has 1 aliphatic heterocycles. The van der Waals surface area contributed by atoms with Crippen LogP contribution in [0.4, 0.5) is 16.0 Å². The summed E-state index contributed by atoms with van der Waals surface area (Å²) in [5, 5.41) is 3.33. The monoisotopic (exact) mass is 425 g/mol. The van der Waals surface area contributed by atoms with E-state index in [1.165, 1.54) is 11.6 Å². The van der Waals surface area contributed by atoms with Gasteiger partial charge in [0.25, 0.3) is 0 Å².